The standard InChI is InChI=1S/C15H29N3/c1-3-5-7-9-13-11-14(16)18(15(17)12-13)10-8-6-4-2/h11-12,14H,3-10,16-17H2,1-2H3. The Balaban J connectivity index is 2.46. The Bertz CT molecular complexity index is 294. The van der Waals surface area contributed by atoms with Crippen LogP contribution in [0.5, 0.6) is 0 Å². The number of allylic oxidation sites excluding steroid dienone is 2. The van der Waals surface area contributed by atoms with Crippen molar-refractivity contribution >= 4 is 0 Å². The highest BCUT2D eigenvalue weighted by Crippen LogP contribution is 2.20. The van der Waals surface area contributed by atoms with Crippen LogP contribution in [0.1, 0.15) is 58.8 Å². The van der Waals surface area contributed by atoms with E-state index < -0.39 is 0 Å². The van der Waals surface area contributed by atoms with Crippen molar-refractivity contribution in [3.63, 3.8) is 0 Å². The number of unbranched alkanes of at least 4 members (excludes halogenated alkanes) is 4. The first-order valence-electron chi connectivity index (χ1n) is 7.39. The van der Waals surface area contributed by atoms with Gasteiger partial charge in [0.15, 0.2) is 0 Å². The molecule has 4 N–H and O–H groups in total. The molecule has 1 atom stereocenters. The lowest BCUT2D eigenvalue weighted by molar-refractivity contribution is 0.280. The normalized spacial score (nSPS) is 19.7. The molecule has 0 aromatic carbocycles. The van der Waals surface area contributed by atoms with E-state index >= 15 is 0 Å². The van der Waals surface area contributed by atoms with Crippen LogP contribution in [0, 0.1) is 0 Å². The first-order valence-corrected chi connectivity index (χ1v) is 7.39. The molecule has 3 heteroatoms. The number of rotatable bonds is 8. The molecule has 18 heavy (non-hydrogen) atoms. The van der Waals surface area contributed by atoms with Crippen LogP contribution < -0.4 is 11.5 Å². The number of hydrogen-bond acceptors (Lipinski definition) is 3. The van der Waals surface area contributed by atoms with E-state index in [0.717, 1.165) is 25.2 Å². The lowest BCUT2D eigenvalue weighted by Gasteiger charge is -2.33. The third-order valence-electron chi connectivity index (χ3n) is 3.48. The largest absolute Gasteiger partial charge is 0.385 e. The Kier molecular flexibility index (Phi) is 6.88. The molecule has 0 bridgehead atoms. The molecular weight excluding hydrogens is 222 g/mol. The van der Waals surface area contributed by atoms with Crippen molar-refractivity contribution in [2.24, 2.45) is 11.5 Å². The maximum atomic E-state index is 6.17. The van der Waals surface area contributed by atoms with Crippen LogP contribution >= 0.6 is 0 Å². The molecule has 1 aliphatic heterocycles. The highest BCUT2D eigenvalue weighted by Gasteiger charge is 2.17. The van der Waals surface area contributed by atoms with Crippen LogP contribution in [-0.2, 0) is 0 Å². The number of nitrogens with zero attached hydrogens (tertiary/aromatic N) is 1. The zero-order chi connectivity index (χ0) is 13.4. The molecule has 104 valence electrons. The van der Waals surface area contributed by atoms with Crippen LogP contribution in [0.25, 0.3) is 0 Å². The molecule has 0 aromatic heterocycles. The molecule has 0 spiro atoms. The molecule has 0 aromatic rings. The minimum atomic E-state index is -0.0384. The summed E-state index contributed by atoms with van der Waals surface area (Å²) in [5.41, 5.74) is 13.6. The highest BCUT2D eigenvalue weighted by atomic mass is 15.3. The van der Waals surface area contributed by atoms with E-state index in [0.29, 0.717) is 0 Å². The molecule has 0 fully saturated rings. The summed E-state index contributed by atoms with van der Waals surface area (Å²) in [5.74, 6) is 0.840. The molecule has 0 amide bonds. The smallest absolute Gasteiger partial charge is 0.100 e. The Morgan fingerprint density at radius 2 is 1.78 bits per heavy atom. The van der Waals surface area contributed by atoms with Crippen LogP contribution in [-0.4, -0.2) is 17.6 Å². The zero-order valence-corrected chi connectivity index (χ0v) is 12.0. The summed E-state index contributed by atoms with van der Waals surface area (Å²) < 4.78 is 0. The van der Waals surface area contributed by atoms with E-state index in [9.17, 15) is 0 Å². The highest BCUT2D eigenvalue weighted by molar-refractivity contribution is 5.28. The first kappa shape index (κ1) is 15.1. The van der Waals surface area contributed by atoms with Crippen molar-refractivity contribution in [2.45, 2.75) is 65.0 Å². The average Bonchev–Trinajstić information content (AvgIpc) is 2.33. The summed E-state index contributed by atoms with van der Waals surface area (Å²) in [6, 6.07) is 0. The predicted molar refractivity (Wildman–Crippen MR) is 78.7 cm³/mol. The Morgan fingerprint density at radius 1 is 1.11 bits per heavy atom. The quantitative estimate of drug-likeness (QED) is 0.652. The van der Waals surface area contributed by atoms with Crippen LogP contribution in [0.15, 0.2) is 23.5 Å². The first-order chi connectivity index (χ1) is 8.69. The number of hydrogen-bond donors (Lipinski definition) is 2. The van der Waals surface area contributed by atoms with Crippen molar-refractivity contribution in [1.29, 1.82) is 0 Å². The third-order valence-corrected chi connectivity index (χ3v) is 3.48. The lowest BCUT2D eigenvalue weighted by atomic mass is 10.0. The maximum absolute atomic E-state index is 6.17. The Morgan fingerprint density at radius 3 is 2.39 bits per heavy atom. The van der Waals surface area contributed by atoms with Gasteiger partial charge in [-0.15, -0.1) is 0 Å². The van der Waals surface area contributed by atoms with Gasteiger partial charge in [-0.3, -0.25) is 0 Å². The summed E-state index contributed by atoms with van der Waals surface area (Å²) >= 11 is 0. The second kappa shape index (κ2) is 8.20. The van der Waals surface area contributed by atoms with Gasteiger partial charge in [0, 0.05) is 6.54 Å². The van der Waals surface area contributed by atoms with Crippen molar-refractivity contribution < 1.29 is 0 Å². The summed E-state index contributed by atoms with van der Waals surface area (Å²) in [6.45, 7) is 5.40. The fraction of sp³-hybridized carbons (Fsp3) is 0.733. The van der Waals surface area contributed by atoms with Crippen molar-refractivity contribution in [2.75, 3.05) is 6.54 Å². The zero-order valence-electron chi connectivity index (χ0n) is 12.0. The number of nitrogens with two attached hydrogens (primary N) is 2. The molecule has 0 saturated heterocycles. The molecule has 1 rings (SSSR count). The fourth-order valence-electron chi connectivity index (χ4n) is 2.35. The molecule has 0 radical (unpaired) electrons. The minimum Gasteiger partial charge on any atom is -0.385 e. The Hall–Kier alpha value is -0.960. The SMILES string of the molecule is CCCCCC1=CC(N)N(CCCCC)C(N)=C1. The molecular formula is C15H29N3. The molecule has 0 aliphatic carbocycles. The van der Waals surface area contributed by atoms with Gasteiger partial charge in [-0.05, 0) is 37.0 Å². The van der Waals surface area contributed by atoms with Crippen LogP contribution in [0.3, 0.4) is 0 Å². The topological polar surface area (TPSA) is 55.3 Å². The van der Waals surface area contributed by atoms with Crippen molar-refractivity contribution in [1.82, 2.24) is 4.90 Å². The van der Waals surface area contributed by atoms with E-state index in [-0.39, 0.29) is 6.17 Å². The molecule has 1 heterocycles. The van der Waals surface area contributed by atoms with Gasteiger partial charge in [-0.2, -0.15) is 0 Å². The maximum Gasteiger partial charge on any atom is 0.100 e. The van der Waals surface area contributed by atoms with Crippen LogP contribution in [0.4, 0.5) is 0 Å². The fourth-order valence-corrected chi connectivity index (χ4v) is 2.35. The minimum absolute atomic E-state index is 0.0384. The van der Waals surface area contributed by atoms with Crippen molar-refractivity contribution in [3.8, 4) is 0 Å². The summed E-state index contributed by atoms with van der Waals surface area (Å²) in [7, 11) is 0. The summed E-state index contributed by atoms with van der Waals surface area (Å²) in [6.07, 6.45) is 12.7. The van der Waals surface area contributed by atoms with Crippen molar-refractivity contribution in [3.05, 3.63) is 23.5 Å². The van der Waals surface area contributed by atoms with Gasteiger partial charge in [-0.25, -0.2) is 0 Å². The average molecular weight is 251 g/mol. The second-order valence-corrected chi connectivity index (χ2v) is 5.16. The van der Waals surface area contributed by atoms with E-state index in [2.05, 4.69) is 30.9 Å². The van der Waals surface area contributed by atoms with E-state index in [1.165, 1.54) is 37.7 Å². The van der Waals surface area contributed by atoms with Gasteiger partial charge in [0.2, 0.25) is 0 Å². The monoisotopic (exact) mass is 251 g/mol. The van der Waals surface area contributed by atoms with E-state index in [4.69, 9.17) is 11.5 Å². The van der Waals surface area contributed by atoms with E-state index in [1.54, 1.807) is 0 Å². The molecule has 3 nitrogen and oxygen atoms in total. The van der Waals surface area contributed by atoms with Gasteiger partial charge in [0.1, 0.15) is 5.82 Å². The molecule has 0 saturated carbocycles. The van der Waals surface area contributed by atoms with Gasteiger partial charge in [0.05, 0.1) is 6.17 Å². The van der Waals surface area contributed by atoms with Gasteiger partial charge >= 0.3 is 0 Å². The van der Waals surface area contributed by atoms with Gasteiger partial charge in [0.25, 0.3) is 0 Å². The molecule has 1 unspecified atom stereocenters. The van der Waals surface area contributed by atoms with Gasteiger partial charge < -0.3 is 16.4 Å². The van der Waals surface area contributed by atoms with Gasteiger partial charge in [-0.1, -0.05) is 39.5 Å². The second-order valence-electron chi connectivity index (χ2n) is 5.16. The lowest BCUT2D eigenvalue weighted by Crippen LogP contribution is -2.44. The Labute approximate surface area is 112 Å². The summed E-state index contributed by atoms with van der Waals surface area (Å²) in [4.78, 5) is 2.11. The summed E-state index contributed by atoms with van der Waals surface area (Å²) in [5, 5.41) is 0. The van der Waals surface area contributed by atoms with Crippen LogP contribution in [0.2, 0.25) is 0 Å². The third kappa shape index (κ3) is 4.73. The molecule has 1 aliphatic rings. The van der Waals surface area contributed by atoms with E-state index in [1.807, 2.05) is 0 Å². The predicted octanol–water partition coefficient (Wildman–Crippen LogP) is 3.08.